The first-order valence-corrected chi connectivity index (χ1v) is 16.5. The van der Waals surface area contributed by atoms with Crippen LogP contribution in [0.15, 0.2) is 164 Å². The molecule has 0 fully saturated rings. The molecule has 0 unspecified atom stereocenters. The van der Waals surface area contributed by atoms with Crippen LogP contribution in [-0.4, -0.2) is 42.8 Å². The molecule has 46 heavy (non-hydrogen) atoms. The Labute approximate surface area is 276 Å². The van der Waals surface area contributed by atoms with E-state index in [1.165, 1.54) is 27.4 Å². The summed E-state index contributed by atoms with van der Waals surface area (Å²) >= 11 is 0. The van der Waals surface area contributed by atoms with Gasteiger partial charge in [0.25, 0.3) is 0 Å². The molecule has 3 nitrogen and oxygen atoms in total. The van der Waals surface area contributed by atoms with Crippen molar-refractivity contribution in [1.82, 2.24) is 0 Å². The van der Waals surface area contributed by atoms with E-state index in [4.69, 9.17) is 4.74 Å². The summed E-state index contributed by atoms with van der Waals surface area (Å²) in [4.78, 5) is 11.4. The van der Waals surface area contributed by atoms with Gasteiger partial charge in [-0.3, -0.25) is 0 Å². The molecule has 4 heteroatoms. The van der Waals surface area contributed by atoms with Gasteiger partial charge >= 0.3 is 5.97 Å². The number of hydrogen-bond donors (Lipinski definition) is 0. The highest BCUT2D eigenvalue weighted by atomic mass is 16.5. The average Bonchev–Trinajstić information content (AvgIpc) is 3.12. The predicted molar refractivity (Wildman–Crippen MR) is 197 cm³/mol. The van der Waals surface area contributed by atoms with Gasteiger partial charge in [0.2, 0.25) is 0 Å². The molecule has 0 bridgehead atoms. The largest absolute Gasteiger partial charge is 0.462 e. The smallest absolute Gasteiger partial charge is 0.333 e. The molecule has 0 atom stereocenters. The normalized spacial score (nSPS) is 11.2. The zero-order chi connectivity index (χ0) is 32.7. The fourth-order valence-corrected chi connectivity index (χ4v) is 6.62. The topological polar surface area (TPSA) is 26.3 Å². The van der Waals surface area contributed by atoms with E-state index < -0.39 is 6.15 Å². The summed E-state index contributed by atoms with van der Waals surface area (Å²) in [6.45, 7) is 14.4. The number of ether oxygens (including phenoxy) is 1. The second kappa shape index (κ2) is 17.1. The number of rotatable bonds is 13. The van der Waals surface area contributed by atoms with Crippen molar-refractivity contribution >= 4 is 34.0 Å². The minimum Gasteiger partial charge on any atom is -0.462 e. The summed E-state index contributed by atoms with van der Waals surface area (Å²) < 4.78 is 6.21. The highest BCUT2D eigenvalue weighted by Gasteiger charge is 2.31. The van der Waals surface area contributed by atoms with Gasteiger partial charge in [0.05, 0.1) is 26.2 Å². The number of nitrogens with zero attached hydrogens (tertiary/aromatic N) is 1. The maximum atomic E-state index is 11.4. The Balaban J connectivity index is 0.000000213. The number of carbonyl (C=O) groups excluding carboxylic acids is 1. The fourth-order valence-electron chi connectivity index (χ4n) is 6.62. The van der Waals surface area contributed by atoms with Crippen molar-refractivity contribution < 1.29 is 14.0 Å². The Hall–Kier alpha value is -4.67. The van der Waals surface area contributed by atoms with E-state index in [1.54, 1.807) is 6.92 Å². The molecular formula is C42H48BNO2. The highest BCUT2D eigenvalue weighted by Crippen LogP contribution is 2.16. The Morgan fingerprint density at radius 3 is 1.28 bits per heavy atom. The van der Waals surface area contributed by atoms with Gasteiger partial charge in [-0.05, 0) is 20.8 Å². The number of quaternary nitrogens is 1. The van der Waals surface area contributed by atoms with Crippen molar-refractivity contribution in [2.75, 3.05) is 26.2 Å². The summed E-state index contributed by atoms with van der Waals surface area (Å²) in [6, 6.07) is 54.1. The summed E-state index contributed by atoms with van der Waals surface area (Å²) in [6.07, 6.45) is -0.333. The molecule has 0 N–H and O–H groups in total. The Kier molecular flexibility index (Phi) is 12.8. The van der Waals surface area contributed by atoms with Crippen LogP contribution in [0.1, 0.15) is 32.8 Å². The van der Waals surface area contributed by atoms with Crippen molar-refractivity contribution in [3.8, 4) is 0 Å². The predicted octanol–water partition coefficient (Wildman–Crippen LogP) is 6.62. The third-order valence-electron chi connectivity index (χ3n) is 9.26. The third-order valence-corrected chi connectivity index (χ3v) is 9.26. The van der Waals surface area contributed by atoms with E-state index in [-0.39, 0.29) is 5.97 Å². The number of carbonyl (C=O) groups is 1. The zero-order valence-electron chi connectivity index (χ0n) is 27.7. The van der Waals surface area contributed by atoms with Crippen LogP contribution in [0, 0.1) is 0 Å². The molecule has 0 aliphatic carbocycles. The minimum absolute atomic E-state index is 0.288. The van der Waals surface area contributed by atoms with Gasteiger partial charge in [0.1, 0.15) is 12.7 Å². The molecule has 5 aromatic carbocycles. The van der Waals surface area contributed by atoms with Crippen LogP contribution in [-0.2, 0) is 16.1 Å². The molecule has 0 saturated heterocycles. The second-order valence-corrected chi connectivity index (χ2v) is 12.1. The maximum Gasteiger partial charge on any atom is 0.333 e. The molecule has 0 saturated carbocycles. The molecule has 5 rings (SSSR count). The van der Waals surface area contributed by atoms with Gasteiger partial charge in [0, 0.05) is 17.6 Å². The number of esters is 1. The first kappa shape index (κ1) is 34.2. The lowest BCUT2D eigenvalue weighted by atomic mass is 9.13. The zero-order valence-corrected chi connectivity index (χ0v) is 27.7. The van der Waals surface area contributed by atoms with Crippen molar-refractivity contribution in [3.05, 3.63) is 169 Å². The van der Waals surface area contributed by atoms with Gasteiger partial charge in [-0.2, -0.15) is 21.9 Å². The van der Waals surface area contributed by atoms with Crippen LogP contribution in [0.5, 0.6) is 0 Å². The molecule has 236 valence electrons. The molecule has 0 aromatic heterocycles. The number of benzene rings is 5. The first-order valence-electron chi connectivity index (χ1n) is 16.5. The van der Waals surface area contributed by atoms with E-state index >= 15 is 0 Å². The van der Waals surface area contributed by atoms with Crippen LogP contribution >= 0.6 is 0 Å². The molecule has 0 radical (unpaired) electrons. The van der Waals surface area contributed by atoms with Crippen LogP contribution in [0.2, 0.25) is 0 Å². The fraction of sp³-hybridized carbons (Fsp3) is 0.214. The molecule has 0 heterocycles. The second-order valence-electron chi connectivity index (χ2n) is 12.1. The summed E-state index contributed by atoms with van der Waals surface area (Å²) in [5.74, 6) is -0.288. The summed E-state index contributed by atoms with van der Waals surface area (Å²) in [7, 11) is 0. The van der Waals surface area contributed by atoms with Crippen molar-refractivity contribution in [1.29, 1.82) is 0 Å². The first-order chi connectivity index (χ1) is 22.4. The molecule has 0 aliphatic heterocycles. The molecule has 0 spiro atoms. The van der Waals surface area contributed by atoms with Crippen LogP contribution in [0.25, 0.3) is 0 Å². The Bertz CT molecular complexity index is 1440. The Morgan fingerprint density at radius 2 is 0.957 bits per heavy atom. The molecule has 5 aromatic rings. The van der Waals surface area contributed by atoms with Gasteiger partial charge in [-0.1, -0.05) is 158 Å². The van der Waals surface area contributed by atoms with Crippen molar-refractivity contribution in [2.45, 2.75) is 33.7 Å². The SMILES string of the molecule is C=C(C)C(=O)OCCC[N+](CC)(CC)Cc1ccccc1.c1ccc([B-](c2ccccc2)(c2ccccc2)c2ccccc2)cc1. The van der Waals surface area contributed by atoms with Crippen LogP contribution in [0.4, 0.5) is 0 Å². The van der Waals surface area contributed by atoms with E-state index in [0.717, 1.165) is 37.1 Å². The lowest BCUT2D eigenvalue weighted by molar-refractivity contribution is -0.938. The average molecular weight is 610 g/mol. The van der Waals surface area contributed by atoms with E-state index in [2.05, 4.69) is 166 Å². The third kappa shape index (κ3) is 8.53. The lowest BCUT2D eigenvalue weighted by Gasteiger charge is -2.44. The lowest BCUT2D eigenvalue weighted by Crippen LogP contribution is -2.74. The monoisotopic (exact) mass is 609 g/mol. The summed E-state index contributed by atoms with van der Waals surface area (Å²) in [5, 5.41) is 0. The van der Waals surface area contributed by atoms with E-state index in [9.17, 15) is 4.79 Å². The van der Waals surface area contributed by atoms with Gasteiger partial charge in [-0.15, -0.1) is 0 Å². The quantitative estimate of drug-likeness (QED) is 0.0494. The minimum atomic E-state index is -1.22. The van der Waals surface area contributed by atoms with Gasteiger partial charge < -0.3 is 9.22 Å². The number of hydrogen-bond acceptors (Lipinski definition) is 2. The van der Waals surface area contributed by atoms with Crippen LogP contribution < -0.4 is 21.9 Å². The molecule has 0 aliphatic rings. The van der Waals surface area contributed by atoms with E-state index in [0.29, 0.717) is 12.2 Å². The van der Waals surface area contributed by atoms with Crippen molar-refractivity contribution in [2.24, 2.45) is 0 Å². The van der Waals surface area contributed by atoms with Crippen LogP contribution in [0.3, 0.4) is 0 Å². The highest BCUT2D eigenvalue weighted by molar-refractivity contribution is 7.19. The van der Waals surface area contributed by atoms with Gasteiger partial charge in [-0.25, -0.2) is 4.79 Å². The summed E-state index contributed by atoms with van der Waals surface area (Å²) in [5.41, 5.74) is 7.18. The van der Waals surface area contributed by atoms with Crippen molar-refractivity contribution in [3.63, 3.8) is 0 Å². The molecule has 0 amide bonds. The van der Waals surface area contributed by atoms with E-state index in [1.807, 2.05) is 6.07 Å². The maximum absolute atomic E-state index is 11.4. The Morgan fingerprint density at radius 1 is 0.609 bits per heavy atom. The molecular weight excluding hydrogens is 561 g/mol. The standard InChI is InChI=1S/C24H20B.C18H28NO2/c1-5-13-21(14-6-1)25(22-15-7-2-8-16-22,23-17-9-3-10-18-23)24-19-11-4-12-20-24;1-5-19(6-2,15-17-11-8-7-9-12-17)13-10-14-21-18(20)16(3)4/h1-20H;7-9,11-12H,3,5-6,10,13-15H2,1-2,4H3/q-1;+1. The van der Waals surface area contributed by atoms with Gasteiger partial charge in [0.15, 0.2) is 0 Å².